The molecule has 0 aromatic carbocycles. The predicted octanol–water partition coefficient (Wildman–Crippen LogP) is 1.24. The number of carbonyl (C=O) groups excluding carboxylic acids is 2. The van der Waals surface area contributed by atoms with Crippen LogP contribution in [0.3, 0.4) is 0 Å². The summed E-state index contributed by atoms with van der Waals surface area (Å²) < 4.78 is 6.57. The smallest absolute Gasteiger partial charge is 0.287 e. The molecule has 0 aliphatic rings. The van der Waals surface area contributed by atoms with Crippen molar-refractivity contribution in [3.8, 4) is 0 Å². The van der Waals surface area contributed by atoms with Gasteiger partial charge in [-0.2, -0.15) is 0 Å². The van der Waals surface area contributed by atoms with Crippen molar-refractivity contribution in [3.05, 3.63) is 35.9 Å². The number of ether oxygens (including phenoxy) is 1. The quantitative estimate of drug-likeness (QED) is 0.752. The zero-order valence-electron chi connectivity index (χ0n) is 13.6. The molecular weight excluding hydrogens is 296 g/mol. The second-order valence-electron chi connectivity index (χ2n) is 5.47. The number of hydrogen-bond donors (Lipinski definition) is 2. The Balaban J connectivity index is 2.26. The van der Waals surface area contributed by atoms with E-state index in [4.69, 9.17) is 4.74 Å². The van der Waals surface area contributed by atoms with Gasteiger partial charge in [0.15, 0.2) is 5.69 Å². The standard InChI is InChI=1S/C16H22N4O3/c1-11(2)18-16(22)14-19-13(12-7-4-5-9-20(12)14)15(21)17-8-6-10-23-3/h4-5,7,9,11H,6,8,10H2,1-3H3,(H,17,21)(H,18,22). The Labute approximate surface area is 135 Å². The van der Waals surface area contributed by atoms with Crippen LogP contribution in [0.2, 0.25) is 0 Å². The number of nitrogens with one attached hydrogen (secondary N) is 2. The summed E-state index contributed by atoms with van der Waals surface area (Å²) in [5, 5.41) is 5.59. The number of nitrogens with zero attached hydrogens (tertiary/aromatic N) is 2. The normalized spacial score (nSPS) is 11.0. The second kappa shape index (κ2) is 7.73. The molecule has 0 spiro atoms. The highest BCUT2D eigenvalue weighted by molar-refractivity contribution is 6.02. The van der Waals surface area contributed by atoms with E-state index in [2.05, 4.69) is 15.6 Å². The maximum absolute atomic E-state index is 12.3. The third-order valence-corrected chi connectivity index (χ3v) is 3.20. The molecule has 2 amide bonds. The minimum atomic E-state index is -0.306. The van der Waals surface area contributed by atoms with Crippen molar-refractivity contribution in [2.45, 2.75) is 26.3 Å². The molecule has 7 heteroatoms. The minimum Gasteiger partial charge on any atom is -0.385 e. The van der Waals surface area contributed by atoms with Gasteiger partial charge < -0.3 is 15.4 Å². The second-order valence-corrected chi connectivity index (χ2v) is 5.47. The molecule has 0 atom stereocenters. The Kier molecular flexibility index (Phi) is 5.70. The summed E-state index contributed by atoms with van der Waals surface area (Å²) in [6, 6.07) is 5.36. The fourth-order valence-electron chi connectivity index (χ4n) is 2.19. The van der Waals surface area contributed by atoms with Gasteiger partial charge in [0.2, 0.25) is 5.82 Å². The third-order valence-electron chi connectivity index (χ3n) is 3.20. The lowest BCUT2D eigenvalue weighted by atomic mass is 10.3. The molecule has 23 heavy (non-hydrogen) atoms. The van der Waals surface area contributed by atoms with Crippen molar-refractivity contribution in [3.63, 3.8) is 0 Å². The molecule has 2 aromatic rings. The first-order valence-corrected chi connectivity index (χ1v) is 7.59. The van der Waals surface area contributed by atoms with Crippen LogP contribution in [0.15, 0.2) is 24.4 Å². The summed E-state index contributed by atoms with van der Waals surface area (Å²) in [4.78, 5) is 28.8. The molecule has 2 N–H and O–H groups in total. The number of hydrogen-bond acceptors (Lipinski definition) is 4. The molecule has 0 saturated carbocycles. The topological polar surface area (TPSA) is 84.7 Å². The van der Waals surface area contributed by atoms with Crippen LogP contribution in [0.25, 0.3) is 5.52 Å². The maximum atomic E-state index is 12.3. The van der Waals surface area contributed by atoms with E-state index in [1.807, 2.05) is 19.9 Å². The Bertz CT molecular complexity index is 694. The van der Waals surface area contributed by atoms with Crippen LogP contribution in [-0.2, 0) is 4.74 Å². The number of aromatic nitrogens is 2. The van der Waals surface area contributed by atoms with Gasteiger partial charge in [-0.05, 0) is 32.4 Å². The van der Waals surface area contributed by atoms with Crippen molar-refractivity contribution in [2.24, 2.45) is 0 Å². The molecule has 0 fully saturated rings. The Morgan fingerprint density at radius 1 is 1.30 bits per heavy atom. The molecule has 2 aromatic heterocycles. The molecular formula is C16H22N4O3. The van der Waals surface area contributed by atoms with Crippen LogP contribution >= 0.6 is 0 Å². The fraction of sp³-hybridized carbons (Fsp3) is 0.438. The van der Waals surface area contributed by atoms with Gasteiger partial charge in [-0.25, -0.2) is 4.98 Å². The van der Waals surface area contributed by atoms with Crippen LogP contribution in [0.5, 0.6) is 0 Å². The van der Waals surface area contributed by atoms with E-state index in [1.54, 1.807) is 29.8 Å². The summed E-state index contributed by atoms with van der Waals surface area (Å²) in [7, 11) is 1.62. The lowest BCUT2D eigenvalue weighted by Gasteiger charge is -2.06. The Hall–Kier alpha value is -2.41. The molecule has 2 heterocycles. The zero-order valence-corrected chi connectivity index (χ0v) is 13.6. The lowest BCUT2D eigenvalue weighted by Crippen LogP contribution is -2.31. The van der Waals surface area contributed by atoms with Gasteiger partial charge in [-0.3, -0.25) is 14.0 Å². The lowest BCUT2D eigenvalue weighted by molar-refractivity contribution is 0.0932. The monoisotopic (exact) mass is 318 g/mol. The van der Waals surface area contributed by atoms with Gasteiger partial charge in [-0.1, -0.05) is 6.07 Å². The van der Waals surface area contributed by atoms with Crippen LogP contribution in [0, 0.1) is 0 Å². The highest BCUT2D eigenvalue weighted by Crippen LogP contribution is 2.13. The van der Waals surface area contributed by atoms with Crippen molar-refractivity contribution in [2.75, 3.05) is 20.3 Å². The van der Waals surface area contributed by atoms with Crippen molar-refractivity contribution in [1.82, 2.24) is 20.0 Å². The molecule has 2 rings (SSSR count). The van der Waals surface area contributed by atoms with Gasteiger partial charge in [0.25, 0.3) is 11.8 Å². The van der Waals surface area contributed by atoms with E-state index in [-0.39, 0.29) is 29.4 Å². The first-order valence-electron chi connectivity index (χ1n) is 7.59. The number of imidazole rings is 1. The van der Waals surface area contributed by atoms with Crippen LogP contribution < -0.4 is 10.6 Å². The highest BCUT2D eigenvalue weighted by Gasteiger charge is 2.21. The van der Waals surface area contributed by atoms with E-state index < -0.39 is 0 Å². The summed E-state index contributed by atoms with van der Waals surface area (Å²) in [6.45, 7) is 4.81. The number of carbonyl (C=O) groups is 2. The highest BCUT2D eigenvalue weighted by atomic mass is 16.5. The van der Waals surface area contributed by atoms with Crippen molar-refractivity contribution < 1.29 is 14.3 Å². The molecule has 0 bridgehead atoms. The summed E-state index contributed by atoms with van der Waals surface area (Å²) >= 11 is 0. The summed E-state index contributed by atoms with van der Waals surface area (Å²) in [5.41, 5.74) is 0.850. The number of methoxy groups -OCH3 is 1. The van der Waals surface area contributed by atoms with Gasteiger partial charge in [0, 0.05) is 32.5 Å². The first kappa shape index (κ1) is 17.0. The molecule has 0 aliphatic heterocycles. The van der Waals surface area contributed by atoms with Crippen molar-refractivity contribution in [1.29, 1.82) is 0 Å². The third kappa shape index (κ3) is 4.07. The molecule has 7 nitrogen and oxygen atoms in total. The van der Waals surface area contributed by atoms with E-state index in [1.165, 1.54) is 0 Å². The van der Waals surface area contributed by atoms with Gasteiger partial charge in [-0.15, -0.1) is 0 Å². The number of rotatable bonds is 7. The molecule has 0 saturated heterocycles. The average molecular weight is 318 g/mol. The van der Waals surface area contributed by atoms with Crippen molar-refractivity contribution >= 4 is 17.3 Å². The van der Waals surface area contributed by atoms with E-state index in [0.717, 1.165) is 0 Å². The van der Waals surface area contributed by atoms with E-state index in [0.29, 0.717) is 25.1 Å². The summed E-state index contributed by atoms with van der Waals surface area (Å²) in [5.74, 6) is -0.399. The van der Waals surface area contributed by atoms with Gasteiger partial charge in [0.1, 0.15) is 0 Å². The predicted molar refractivity (Wildman–Crippen MR) is 86.6 cm³/mol. The maximum Gasteiger partial charge on any atom is 0.287 e. The van der Waals surface area contributed by atoms with E-state index >= 15 is 0 Å². The molecule has 0 unspecified atom stereocenters. The number of fused-ring (bicyclic) bond motifs is 1. The molecule has 0 aliphatic carbocycles. The van der Waals surface area contributed by atoms with E-state index in [9.17, 15) is 9.59 Å². The van der Waals surface area contributed by atoms with Crippen LogP contribution in [0.1, 0.15) is 41.4 Å². The first-order chi connectivity index (χ1) is 11.0. The fourth-order valence-corrected chi connectivity index (χ4v) is 2.19. The Morgan fingerprint density at radius 2 is 2.09 bits per heavy atom. The zero-order chi connectivity index (χ0) is 16.8. The largest absolute Gasteiger partial charge is 0.385 e. The van der Waals surface area contributed by atoms with Gasteiger partial charge in [0.05, 0.1) is 5.52 Å². The summed E-state index contributed by atoms with van der Waals surface area (Å²) in [6.07, 6.45) is 2.44. The SMILES string of the molecule is COCCCNC(=O)c1nc(C(=O)NC(C)C)n2ccccc12. The van der Waals surface area contributed by atoms with Crippen LogP contribution in [0.4, 0.5) is 0 Å². The van der Waals surface area contributed by atoms with Gasteiger partial charge >= 0.3 is 0 Å². The van der Waals surface area contributed by atoms with Crippen LogP contribution in [-0.4, -0.2) is 47.5 Å². The Morgan fingerprint density at radius 3 is 2.78 bits per heavy atom. The minimum absolute atomic E-state index is 0.00937. The molecule has 0 radical (unpaired) electrons. The number of amides is 2. The average Bonchev–Trinajstić information content (AvgIpc) is 2.90. The molecule has 124 valence electrons. The number of pyridine rings is 1.